The first kappa shape index (κ1) is 24.3. The summed E-state index contributed by atoms with van der Waals surface area (Å²) in [6.45, 7) is -0.977. The Morgan fingerprint density at radius 2 is 1.97 bits per heavy atom. The van der Waals surface area contributed by atoms with Crippen LogP contribution in [-0.2, 0) is 6.54 Å². The summed E-state index contributed by atoms with van der Waals surface area (Å²) in [7, 11) is 0. The second kappa shape index (κ2) is 8.63. The lowest BCUT2D eigenvalue weighted by Gasteiger charge is -2.18. The zero-order valence-corrected chi connectivity index (χ0v) is 18.9. The maximum absolute atomic E-state index is 14.9. The number of halogens is 5. The fourth-order valence-corrected chi connectivity index (χ4v) is 3.96. The number of alkyl halides is 5. The molecule has 1 aliphatic rings. The van der Waals surface area contributed by atoms with E-state index in [1.807, 2.05) is 0 Å². The van der Waals surface area contributed by atoms with Crippen molar-refractivity contribution >= 4 is 16.7 Å². The second-order valence-corrected chi connectivity index (χ2v) is 8.39. The van der Waals surface area contributed by atoms with Gasteiger partial charge in [-0.3, -0.25) is 14.5 Å². The fourth-order valence-electron chi connectivity index (χ4n) is 3.96. The third-order valence-electron chi connectivity index (χ3n) is 5.60. The lowest BCUT2D eigenvalue weighted by atomic mass is 10.2. The van der Waals surface area contributed by atoms with E-state index >= 15 is 0 Å². The standard InChI is InChI=1S/C21H17F5N8O3/c1-10-30-13(12-6-28-19(36)32-18(12)35)2-16(31-10)33-7-15(20(22,23)8-33)37-17-3-14-11(4-27-17)5-29-34(14)9-21(24,25)26/h2-6,15H,7-9H2,1H3,(H2,28,32,35,36). The molecule has 4 aromatic heterocycles. The molecule has 5 rings (SSSR count). The average Bonchev–Trinajstić information content (AvgIpc) is 3.32. The molecule has 11 nitrogen and oxygen atoms in total. The zero-order valence-electron chi connectivity index (χ0n) is 18.9. The quantitative estimate of drug-likeness (QED) is 0.379. The van der Waals surface area contributed by atoms with Crippen LogP contribution in [0.25, 0.3) is 22.2 Å². The molecule has 2 N–H and O–H groups in total. The smallest absolute Gasteiger partial charge is 0.408 e. The summed E-state index contributed by atoms with van der Waals surface area (Å²) in [5.41, 5.74) is -1.28. The summed E-state index contributed by atoms with van der Waals surface area (Å²) < 4.78 is 74.4. The van der Waals surface area contributed by atoms with Crippen LogP contribution in [0.4, 0.5) is 27.8 Å². The lowest BCUT2D eigenvalue weighted by Crippen LogP contribution is -2.36. The first-order valence-electron chi connectivity index (χ1n) is 10.7. The van der Waals surface area contributed by atoms with Gasteiger partial charge in [0.05, 0.1) is 36.1 Å². The van der Waals surface area contributed by atoms with Gasteiger partial charge in [0.1, 0.15) is 18.2 Å². The highest BCUT2D eigenvalue weighted by atomic mass is 19.4. The second-order valence-electron chi connectivity index (χ2n) is 8.39. The molecule has 1 atom stereocenters. The van der Waals surface area contributed by atoms with E-state index in [9.17, 15) is 31.5 Å². The van der Waals surface area contributed by atoms with Crippen molar-refractivity contribution < 1.29 is 26.7 Å². The number of hydrogen-bond donors (Lipinski definition) is 2. The van der Waals surface area contributed by atoms with Crippen LogP contribution >= 0.6 is 0 Å². The van der Waals surface area contributed by atoms with Crippen LogP contribution in [0.15, 0.2) is 40.3 Å². The summed E-state index contributed by atoms with van der Waals surface area (Å²) in [5, 5.41) is 3.96. The number of rotatable bonds is 5. The molecule has 0 saturated carbocycles. The number of pyridine rings is 1. The molecule has 0 spiro atoms. The number of ether oxygens (including phenoxy) is 1. The van der Waals surface area contributed by atoms with E-state index in [0.29, 0.717) is 4.68 Å². The Balaban J connectivity index is 1.41. The molecule has 37 heavy (non-hydrogen) atoms. The average molecular weight is 524 g/mol. The molecule has 4 aromatic rings. The van der Waals surface area contributed by atoms with Gasteiger partial charge in [0.2, 0.25) is 5.88 Å². The van der Waals surface area contributed by atoms with Crippen molar-refractivity contribution in [3.63, 3.8) is 0 Å². The van der Waals surface area contributed by atoms with Gasteiger partial charge in [0, 0.05) is 29.9 Å². The summed E-state index contributed by atoms with van der Waals surface area (Å²) >= 11 is 0. The monoisotopic (exact) mass is 524 g/mol. The van der Waals surface area contributed by atoms with Crippen LogP contribution in [0.2, 0.25) is 0 Å². The van der Waals surface area contributed by atoms with Crippen molar-refractivity contribution in [3.05, 3.63) is 57.4 Å². The molecule has 1 fully saturated rings. The first-order valence-corrected chi connectivity index (χ1v) is 10.7. The normalized spacial score (nSPS) is 17.5. The molecule has 0 amide bonds. The van der Waals surface area contributed by atoms with Gasteiger partial charge in [0.15, 0.2) is 6.10 Å². The van der Waals surface area contributed by atoms with E-state index in [4.69, 9.17) is 4.74 Å². The highest BCUT2D eigenvalue weighted by Crippen LogP contribution is 2.34. The van der Waals surface area contributed by atoms with E-state index in [0.717, 1.165) is 12.3 Å². The van der Waals surface area contributed by atoms with Gasteiger partial charge in [-0.15, -0.1) is 0 Å². The fraction of sp³-hybridized carbons (Fsp3) is 0.333. The molecular formula is C21H17F5N8O3. The minimum atomic E-state index is -4.53. The number of anilines is 1. The number of aryl methyl sites for hydroxylation is 1. The highest BCUT2D eigenvalue weighted by molar-refractivity contribution is 5.78. The Labute approximate surface area is 203 Å². The van der Waals surface area contributed by atoms with Crippen molar-refractivity contribution in [2.45, 2.75) is 31.7 Å². The molecular weight excluding hydrogens is 507 g/mol. The van der Waals surface area contributed by atoms with Crippen molar-refractivity contribution in [3.8, 4) is 17.1 Å². The molecule has 0 bridgehead atoms. The van der Waals surface area contributed by atoms with Crippen molar-refractivity contribution in [2.75, 3.05) is 18.0 Å². The Hall–Kier alpha value is -4.37. The molecule has 1 saturated heterocycles. The number of hydrogen-bond acceptors (Lipinski definition) is 8. The molecule has 0 aromatic carbocycles. The molecule has 194 valence electrons. The largest absolute Gasteiger partial charge is 0.466 e. The molecule has 0 radical (unpaired) electrons. The van der Waals surface area contributed by atoms with Crippen molar-refractivity contribution in [1.82, 2.24) is 34.7 Å². The maximum atomic E-state index is 14.9. The number of H-pyrrole nitrogens is 2. The number of nitrogens with one attached hydrogen (secondary N) is 2. The first-order chi connectivity index (χ1) is 17.4. The van der Waals surface area contributed by atoms with Crippen molar-refractivity contribution in [2.24, 2.45) is 0 Å². The summed E-state index contributed by atoms with van der Waals surface area (Å²) in [6, 6.07) is 2.45. The summed E-state index contributed by atoms with van der Waals surface area (Å²) in [6.07, 6.45) is -2.70. The van der Waals surface area contributed by atoms with Gasteiger partial charge >= 0.3 is 17.8 Å². The minimum absolute atomic E-state index is 0.0121. The predicted molar refractivity (Wildman–Crippen MR) is 119 cm³/mol. The van der Waals surface area contributed by atoms with Gasteiger partial charge in [-0.05, 0) is 6.92 Å². The van der Waals surface area contributed by atoms with Crippen LogP contribution in [0, 0.1) is 6.92 Å². The molecule has 5 heterocycles. The summed E-state index contributed by atoms with van der Waals surface area (Å²) in [5.74, 6) is -3.39. The van der Waals surface area contributed by atoms with E-state index in [-0.39, 0.29) is 46.2 Å². The Bertz CT molecular complexity index is 1600. The van der Waals surface area contributed by atoms with Crippen LogP contribution in [-0.4, -0.2) is 66.0 Å². The van der Waals surface area contributed by atoms with Crippen LogP contribution < -0.4 is 20.9 Å². The van der Waals surface area contributed by atoms with Crippen LogP contribution in [0.5, 0.6) is 5.88 Å². The molecule has 0 aliphatic carbocycles. The number of aromatic nitrogens is 7. The van der Waals surface area contributed by atoms with Gasteiger partial charge in [-0.25, -0.2) is 28.5 Å². The third kappa shape index (κ3) is 4.99. The van der Waals surface area contributed by atoms with Gasteiger partial charge in [-0.2, -0.15) is 18.3 Å². The number of aromatic amines is 2. The third-order valence-corrected chi connectivity index (χ3v) is 5.60. The predicted octanol–water partition coefficient (Wildman–Crippen LogP) is 2.04. The van der Waals surface area contributed by atoms with E-state index in [1.54, 1.807) is 0 Å². The molecule has 1 aliphatic heterocycles. The van der Waals surface area contributed by atoms with Crippen molar-refractivity contribution in [1.29, 1.82) is 0 Å². The topological polar surface area (TPSA) is 135 Å². The SMILES string of the molecule is Cc1nc(-c2c[nH]c(=O)[nH]c2=O)cc(N2CC(Oc3cc4c(cn3)cnn4CC(F)(F)F)C(F)(F)C2)n1. The summed E-state index contributed by atoms with van der Waals surface area (Å²) in [4.78, 5) is 41.3. The molecule has 16 heteroatoms. The zero-order chi connectivity index (χ0) is 26.5. The lowest BCUT2D eigenvalue weighted by molar-refractivity contribution is -0.141. The maximum Gasteiger partial charge on any atom is 0.408 e. The van der Waals surface area contributed by atoms with Gasteiger partial charge < -0.3 is 14.6 Å². The van der Waals surface area contributed by atoms with E-state index in [1.165, 1.54) is 30.3 Å². The van der Waals surface area contributed by atoms with E-state index < -0.39 is 42.5 Å². The van der Waals surface area contributed by atoms with E-state index in [2.05, 4.69) is 30.0 Å². The highest BCUT2D eigenvalue weighted by Gasteiger charge is 2.51. The van der Waals surface area contributed by atoms with Gasteiger partial charge in [0.25, 0.3) is 5.56 Å². The minimum Gasteiger partial charge on any atom is -0.466 e. The Kier molecular flexibility index (Phi) is 5.68. The van der Waals surface area contributed by atoms with Crippen LogP contribution in [0.1, 0.15) is 5.82 Å². The number of nitrogens with zero attached hydrogens (tertiary/aromatic N) is 6. The Morgan fingerprint density at radius 1 is 1.19 bits per heavy atom. The molecule has 1 unspecified atom stereocenters. The van der Waals surface area contributed by atoms with Gasteiger partial charge in [-0.1, -0.05) is 0 Å². The van der Waals surface area contributed by atoms with Crippen LogP contribution in [0.3, 0.4) is 0 Å². The Morgan fingerprint density at radius 3 is 2.70 bits per heavy atom. The number of fused-ring (bicyclic) bond motifs is 1.